The Kier molecular flexibility index (Phi) is 8.00. The largest absolute Gasteiger partial charge is 0.456 e. The maximum absolute atomic E-state index is 11.9. The number of amides is 1. The van der Waals surface area contributed by atoms with Gasteiger partial charge >= 0.3 is 5.97 Å². The maximum atomic E-state index is 11.9. The summed E-state index contributed by atoms with van der Waals surface area (Å²) in [4.78, 5) is 31.5. The third-order valence-corrected chi connectivity index (χ3v) is 4.01. The molecule has 2 rings (SSSR count). The van der Waals surface area contributed by atoms with Gasteiger partial charge in [0.2, 0.25) is 5.95 Å². The van der Waals surface area contributed by atoms with Crippen molar-refractivity contribution in [2.75, 3.05) is 18.5 Å². The van der Waals surface area contributed by atoms with Gasteiger partial charge < -0.3 is 15.4 Å². The Labute approximate surface area is 142 Å². The van der Waals surface area contributed by atoms with Gasteiger partial charge in [0.05, 0.1) is 6.42 Å². The zero-order valence-corrected chi connectivity index (χ0v) is 14.0. The van der Waals surface area contributed by atoms with Gasteiger partial charge in [0.25, 0.3) is 5.91 Å². The first-order valence-corrected chi connectivity index (χ1v) is 8.70. The lowest BCUT2D eigenvalue weighted by Crippen LogP contribution is -2.38. The summed E-state index contributed by atoms with van der Waals surface area (Å²) in [7, 11) is 0. The van der Waals surface area contributed by atoms with E-state index < -0.39 is 5.97 Å². The van der Waals surface area contributed by atoms with E-state index in [1.165, 1.54) is 19.3 Å². The predicted molar refractivity (Wildman–Crippen MR) is 90.3 cm³/mol. The normalized spacial score (nSPS) is 15.8. The van der Waals surface area contributed by atoms with Gasteiger partial charge in [-0.15, -0.1) is 0 Å². The molecular formula is C17H26N4O3. The Balaban J connectivity index is 1.57. The van der Waals surface area contributed by atoms with Gasteiger partial charge in [-0.3, -0.25) is 9.59 Å². The number of carbonyl (C=O) groups is 2. The number of nitrogens with zero attached hydrogens (tertiary/aromatic N) is 2. The molecule has 132 valence electrons. The molecule has 7 nitrogen and oxygen atoms in total. The molecule has 0 radical (unpaired) electrons. The topological polar surface area (TPSA) is 93.2 Å². The number of esters is 1. The van der Waals surface area contributed by atoms with Crippen molar-refractivity contribution >= 4 is 17.8 Å². The van der Waals surface area contributed by atoms with Gasteiger partial charge in [-0.1, -0.05) is 32.1 Å². The van der Waals surface area contributed by atoms with Crippen molar-refractivity contribution in [1.82, 2.24) is 15.3 Å². The SMILES string of the molecule is O=C(COC(=O)CCNc1ncccn1)NC1CCCCCCC1. The number of carbonyl (C=O) groups excluding carboxylic acids is 2. The van der Waals surface area contributed by atoms with Crippen LogP contribution >= 0.6 is 0 Å². The average Bonchev–Trinajstić information content (AvgIpc) is 2.56. The maximum Gasteiger partial charge on any atom is 0.308 e. The van der Waals surface area contributed by atoms with Crippen molar-refractivity contribution in [2.45, 2.75) is 57.4 Å². The zero-order chi connectivity index (χ0) is 17.0. The van der Waals surface area contributed by atoms with Gasteiger partial charge in [-0.05, 0) is 18.9 Å². The van der Waals surface area contributed by atoms with Crippen LogP contribution in [0.15, 0.2) is 18.5 Å². The van der Waals surface area contributed by atoms with Crippen molar-refractivity contribution in [2.24, 2.45) is 0 Å². The molecule has 0 spiro atoms. The highest BCUT2D eigenvalue weighted by Crippen LogP contribution is 2.16. The zero-order valence-electron chi connectivity index (χ0n) is 14.0. The second-order valence-corrected chi connectivity index (χ2v) is 6.02. The van der Waals surface area contributed by atoms with E-state index in [1.54, 1.807) is 18.5 Å². The van der Waals surface area contributed by atoms with Gasteiger partial charge in [-0.25, -0.2) is 9.97 Å². The van der Waals surface area contributed by atoms with Crippen LogP contribution in [-0.2, 0) is 14.3 Å². The van der Waals surface area contributed by atoms with E-state index in [0.29, 0.717) is 12.5 Å². The molecule has 7 heteroatoms. The van der Waals surface area contributed by atoms with Crippen molar-refractivity contribution in [3.05, 3.63) is 18.5 Å². The molecule has 1 aromatic heterocycles. The molecule has 1 saturated carbocycles. The first kappa shape index (κ1) is 18.2. The molecule has 0 unspecified atom stereocenters. The first-order valence-electron chi connectivity index (χ1n) is 8.70. The smallest absolute Gasteiger partial charge is 0.308 e. The van der Waals surface area contributed by atoms with E-state index >= 15 is 0 Å². The molecule has 1 amide bonds. The van der Waals surface area contributed by atoms with Crippen LogP contribution in [0.3, 0.4) is 0 Å². The summed E-state index contributed by atoms with van der Waals surface area (Å²) in [6.07, 6.45) is 11.5. The average molecular weight is 334 g/mol. The number of rotatable bonds is 7. The molecule has 1 aliphatic carbocycles. The fourth-order valence-corrected chi connectivity index (χ4v) is 2.75. The number of ether oxygens (including phenoxy) is 1. The van der Waals surface area contributed by atoms with Crippen LogP contribution in [0.5, 0.6) is 0 Å². The summed E-state index contributed by atoms with van der Waals surface area (Å²) < 4.78 is 5.01. The van der Waals surface area contributed by atoms with Crippen LogP contribution in [0.1, 0.15) is 51.4 Å². The molecule has 0 saturated heterocycles. The highest BCUT2D eigenvalue weighted by atomic mass is 16.5. The molecule has 0 aliphatic heterocycles. The molecule has 1 aromatic rings. The quantitative estimate of drug-likeness (QED) is 0.741. The Morgan fingerprint density at radius 1 is 1.08 bits per heavy atom. The van der Waals surface area contributed by atoms with E-state index in [1.807, 2.05) is 0 Å². The lowest BCUT2D eigenvalue weighted by Gasteiger charge is -2.20. The Morgan fingerprint density at radius 2 is 1.75 bits per heavy atom. The molecular weight excluding hydrogens is 308 g/mol. The molecule has 0 atom stereocenters. The van der Waals surface area contributed by atoms with Crippen LogP contribution in [-0.4, -0.2) is 41.0 Å². The van der Waals surface area contributed by atoms with Crippen molar-refractivity contribution < 1.29 is 14.3 Å². The molecule has 1 aliphatic rings. The highest BCUT2D eigenvalue weighted by Gasteiger charge is 2.15. The van der Waals surface area contributed by atoms with Crippen LogP contribution < -0.4 is 10.6 Å². The van der Waals surface area contributed by atoms with E-state index in [9.17, 15) is 9.59 Å². The predicted octanol–water partition coefficient (Wildman–Crippen LogP) is 2.05. The number of hydrogen-bond donors (Lipinski definition) is 2. The molecule has 0 aromatic carbocycles. The lowest BCUT2D eigenvalue weighted by atomic mass is 9.97. The summed E-state index contributed by atoms with van der Waals surface area (Å²) in [5.74, 6) is -0.160. The van der Waals surface area contributed by atoms with Crippen molar-refractivity contribution in [1.29, 1.82) is 0 Å². The minimum atomic E-state index is -0.411. The van der Waals surface area contributed by atoms with Crippen molar-refractivity contribution in [3.63, 3.8) is 0 Å². The third-order valence-electron chi connectivity index (χ3n) is 4.01. The van der Waals surface area contributed by atoms with Crippen LogP contribution in [0.2, 0.25) is 0 Å². The standard InChI is InChI=1S/C17H26N4O3/c22-15(21-14-7-4-2-1-3-5-8-14)13-24-16(23)9-12-20-17-18-10-6-11-19-17/h6,10-11,14H,1-5,7-9,12-13H2,(H,21,22)(H,18,19,20). The monoisotopic (exact) mass is 334 g/mol. The molecule has 2 N–H and O–H groups in total. The molecule has 1 heterocycles. The fourth-order valence-electron chi connectivity index (χ4n) is 2.75. The van der Waals surface area contributed by atoms with Gasteiger partial charge in [0, 0.05) is 25.0 Å². The number of anilines is 1. The molecule has 24 heavy (non-hydrogen) atoms. The van der Waals surface area contributed by atoms with E-state index in [2.05, 4.69) is 20.6 Å². The van der Waals surface area contributed by atoms with E-state index in [-0.39, 0.29) is 25.0 Å². The van der Waals surface area contributed by atoms with Crippen LogP contribution in [0, 0.1) is 0 Å². The van der Waals surface area contributed by atoms with Crippen molar-refractivity contribution in [3.8, 4) is 0 Å². The lowest BCUT2D eigenvalue weighted by molar-refractivity contribution is -0.148. The summed E-state index contributed by atoms with van der Waals surface area (Å²) in [5.41, 5.74) is 0. The first-order chi connectivity index (χ1) is 11.7. The third kappa shape index (κ3) is 7.39. The van der Waals surface area contributed by atoms with Crippen LogP contribution in [0.4, 0.5) is 5.95 Å². The second kappa shape index (κ2) is 10.6. The Morgan fingerprint density at radius 3 is 2.46 bits per heavy atom. The highest BCUT2D eigenvalue weighted by molar-refractivity contribution is 5.80. The summed E-state index contributed by atoms with van der Waals surface area (Å²) in [6, 6.07) is 1.93. The second-order valence-electron chi connectivity index (χ2n) is 6.02. The number of hydrogen-bond acceptors (Lipinski definition) is 6. The Hall–Kier alpha value is -2.18. The summed E-state index contributed by atoms with van der Waals surface area (Å²) >= 11 is 0. The molecule has 1 fully saturated rings. The van der Waals surface area contributed by atoms with E-state index in [4.69, 9.17) is 4.74 Å². The summed E-state index contributed by atoms with van der Waals surface area (Å²) in [5, 5.41) is 5.89. The molecule has 0 bridgehead atoms. The van der Waals surface area contributed by atoms with Gasteiger partial charge in [-0.2, -0.15) is 0 Å². The van der Waals surface area contributed by atoms with Crippen LogP contribution in [0.25, 0.3) is 0 Å². The van der Waals surface area contributed by atoms with Gasteiger partial charge in [0.15, 0.2) is 6.61 Å². The summed E-state index contributed by atoms with van der Waals surface area (Å²) in [6.45, 7) is 0.157. The minimum Gasteiger partial charge on any atom is -0.456 e. The van der Waals surface area contributed by atoms with E-state index in [0.717, 1.165) is 25.7 Å². The minimum absolute atomic E-state index is 0.162. The van der Waals surface area contributed by atoms with Gasteiger partial charge in [0.1, 0.15) is 0 Å². The fraction of sp³-hybridized carbons (Fsp3) is 0.647. The number of nitrogens with one attached hydrogen (secondary N) is 2. The number of aromatic nitrogens is 2. The Bertz CT molecular complexity index is 502.